The Bertz CT molecular complexity index is 325. The summed E-state index contributed by atoms with van der Waals surface area (Å²) in [7, 11) is -3.19. The molecule has 0 aromatic rings. The molecule has 0 saturated carbocycles. The Hall–Kier alpha value is -1.13. The van der Waals surface area contributed by atoms with Crippen molar-refractivity contribution in [2.75, 3.05) is 25.5 Å². The van der Waals surface area contributed by atoms with Crippen LogP contribution in [0, 0.1) is 0 Å². The molecular formula is C10H17O6P. The largest absolute Gasteiger partial charge is 0.462 e. The normalized spacial score (nSPS) is 13.5. The average molecular weight is 264 g/mol. The molecule has 0 rings (SSSR count). The molecule has 7 heteroatoms. The quantitative estimate of drug-likeness (QED) is 0.304. The first-order chi connectivity index (χ1) is 7.91. The second-order valence-electron chi connectivity index (χ2n) is 3.23. The maximum absolute atomic E-state index is 11.2. The Morgan fingerprint density at radius 3 is 2.47 bits per heavy atom. The molecule has 0 amide bonds. The van der Waals surface area contributed by atoms with Gasteiger partial charge in [-0.1, -0.05) is 13.5 Å². The topological polar surface area (TPSA) is 89.9 Å². The molecule has 1 N–H and O–H groups in total. The standard InChI is InChI=1S/C10H17O6P/c1-3-9(11)15-6-7-16-10(12)5-8-17(13,14)4-2/h3H,1,4-8H2,2H3,(H,13,14). The van der Waals surface area contributed by atoms with Crippen molar-refractivity contribution in [2.45, 2.75) is 13.3 Å². The lowest BCUT2D eigenvalue weighted by Gasteiger charge is -2.08. The van der Waals surface area contributed by atoms with Gasteiger partial charge in [0.2, 0.25) is 7.37 Å². The van der Waals surface area contributed by atoms with E-state index in [9.17, 15) is 19.0 Å². The third kappa shape index (κ3) is 8.65. The van der Waals surface area contributed by atoms with Crippen molar-refractivity contribution < 1.29 is 28.5 Å². The highest BCUT2D eigenvalue weighted by Gasteiger charge is 2.17. The van der Waals surface area contributed by atoms with E-state index in [-0.39, 0.29) is 32.0 Å². The monoisotopic (exact) mass is 264 g/mol. The number of carbonyl (C=O) groups excluding carboxylic acids is 2. The molecule has 0 aromatic heterocycles. The Kier molecular flexibility index (Phi) is 7.50. The molecule has 0 heterocycles. The zero-order valence-electron chi connectivity index (χ0n) is 9.76. The molecule has 6 nitrogen and oxygen atoms in total. The zero-order chi connectivity index (χ0) is 13.3. The van der Waals surface area contributed by atoms with Crippen LogP contribution in [-0.4, -0.2) is 42.4 Å². The summed E-state index contributed by atoms with van der Waals surface area (Å²) in [6.45, 7) is 4.66. The first kappa shape index (κ1) is 15.9. The van der Waals surface area contributed by atoms with Gasteiger partial charge in [0.1, 0.15) is 13.2 Å². The fraction of sp³-hybridized carbons (Fsp3) is 0.600. The lowest BCUT2D eigenvalue weighted by molar-refractivity contribution is -0.149. The summed E-state index contributed by atoms with van der Waals surface area (Å²) in [6.07, 6.45) is 0.939. The SMILES string of the molecule is C=CC(=O)OCCOC(=O)CCP(=O)(O)CC. The van der Waals surface area contributed by atoms with Crippen molar-refractivity contribution in [3.63, 3.8) is 0 Å². The Labute approximate surface area is 100 Å². The van der Waals surface area contributed by atoms with Crippen molar-refractivity contribution in [3.8, 4) is 0 Å². The first-order valence-corrected chi connectivity index (χ1v) is 7.20. The summed E-state index contributed by atoms with van der Waals surface area (Å²) in [5.41, 5.74) is 0. The smallest absolute Gasteiger partial charge is 0.330 e. The van der Waals surface area contributed by atoms with Crippen LogP contribution in [0.4, 0.5) is 0 Å². The summed E-state index contributed by atoms with van der Waals surface area (Å²) < 4.78 is 20.5. The van der Waals surface area contributed by atoms with E-state index < -0.39 is 19.3 Å². The summed E-state index contributed by atoms with van der Waals surface area (Å²) >= 11 is 0. The van der Waals surface area contributed by atoms with Crippen molar-refractivity contribution >= 4 is 19.3 Å². The van der Waals surface area contributed by atoms with Crippen LogP contribution >= 0.6 is 7.37 Å². The van der Waals surface area contributed by atoms with Gasteiger partial charge >= 0.3 is 11.9 Å². The Morgan fingerprint density at radius 1 is 1.35 bits per heavy atom. The molecule has 0 saturated heterocycles. The highest BCUT2D eigenvalue weighted by Crippen LogP contribution is 2.40. The van der Waals surface area contributed by atoms with Gasteiger partial charge in [-0.3, -0.25) is 9.36 Å². The third-order valence-electron chi connectivity index (χ3n) is 1.92. The zero-order valence-corrected chi connectivity index (χ0v) is 10.7. The van der Waals surface area contributed by atoms with Gasteiger partial charge in [-0.15, -0.1) is 0 Å². The molecule has 0 fully saturated rings. The predicted molar refractivity (Wildman–Crippen MR) is 62.0 cm³/mol. The van der Waals surface area contributed by atoms with Crippen molar-refractivity contribution in [3.05, 3.63) is 12.7 Å². The van der Waals surface area contributed by atoms with Crippen LogP contribution in [0.25, 0.3) is 0 Å². The molecule has 1 unspecified atom stereocenters. The molecule has 0 aliphatic heterocycles. The van der Waals surface area contributed by atoms with Crippen LogP contribution in [0.2, 0.25) is 0 Å². The third-order valence-corrected chi connectivity index (χ3v) is 3.83. The number of hydrogen-bond acceptors (Lipinski definition) is 5. The molecule has 98 valence electrons. The summed E-state index contributed by atoms with van der Waals surface area (Å²) in [5.74, 6) is -1.17. The Balaban J connectivity index is 3.64. The minimum absolute atomic E-state index is 0.0544. The van der Waals surface area contributed by atoms with Gasteiger partial charge in [0.25, 0.3) is 0 Å². The molecule has 0 spiro atoms. The average Bonchev–Trinajstić information content (AvgIpc) is 2.32. The number of hydrogen-bond donors (Lipinski definition) is 1. The van der Waals surface area contributed by atoms with Gasteiger partial charge in [-0.2, -0.15) is 0 Å². The van der Waals surface area contributed by atoms with Crippen LogP contribution in [0.5, 0.6) is 0 Å². The highest BCUT2D eigenvalue weighted by molar-refractivity contribution is 7.57. The van der Waals surface area contributed by atoms with E-state index in [1.165, 1.54) is 0 Å². The lowest BCUT2D eigenvalue weighted by atomic mass is 10.5. The minimum atomic E-state index is -3.19. The molecular weight excluding hydrogens is 247 g/mol. The van der Waals surface area contributed by atoms with E-state index in [2.05, 4.69) is 11.3 Å². The maximum atomic E-state index is 11.2. The maximum Gasteiger partial charge on any atom is 0.330 e. The fourth-order valence-electron chi connectivity index (χ4n) is 0.853. The predicted octanol–water partition coefficient (Wildman–Crippen LogP) is 0.939. The van der Waals surface area contributed by atoms with E-state index in [1.54, 1.807) is 6.92 Å². The van der Waals surface area contributed by atoms with Gasteiger partial charge in [-0.05, 0) is 0 Å². The van der Waals surface area contributed by atoms with Gasteiger partial charge in [0.15, 0.2) is 0 Å². The van der Waals surface area contributed by atoms with E-state index in [1.807, 2.05) is 0 Å². The van der Waals surface area contributed by atoms with E-state index in [0.717, 1.165) is 6.08 Å². The van der Waals surface area contributed by atoms with Crippen LogP contribution < -0.4 is 0 Å². The van der Waals surface area contributed by atoms with E-state index in [0.29, 0.717) is 0 Å². The second kappa shape index (κ2) is 8.03. The van der Waals surface area contributed by atoms with Crippen molar-refractivity contribution in [2.24, 2.45) is 0 Å². The number of ether oxygens (including phenoxy) is 2. The van der Waals surface area contributed by atoms with Gasteiger partial charge in [-0.25, -0.2) is 4.79 Å². The van der Waals surface area contributed by atoms with Crippen molar-refractivity contribution in [1.82, 2.24) is 0 Å². The summed E-state index contributed by atoms with van der Waals surface area (Å²) in [4.78, 5) is 30.9. The van der Waals surface area contributed by atoms with Crippen LogP contribution in [-0.2, 0) is 23.6 Å². The minimum Gasteiger partial charge on any atom is -0.462 e. The van der Waals surface area contributed by atoms with E-state index in [4.69, 9.17) is 4.74 Å². The second-order valence-corrected chi connectivity index (χ2v) is 6.00. The van der Waals surface area contributed by atoms with Crippen LogP contribution in [0.3, 0.4) is 0 Å². The number of rotatable bonds is 8. The lowest BCUT2D eigenvalue weighted by Crippen LogP contribution is -2.13. The van der Waals surface area contributed by atoms with E-state index >= 15 is 0 Å². The molecule has 1 atom stereocenters. The highest BCUT2D eigenvalue weighted by atomic mass is 31.2. The summed E-state index contributed by atoms with van der Waals surface area (Å²) in [6, 6.07) is 0. The number of esters is 2. The molecule has 0 aliphatic rings. The van der Waals surface area contributed by atoms with Gasteiger partial charge in [0.05, 0.1) is 6.42 Å². The molecule has 0 radical (unpaired) electrons. The van der Waals surface area contributed by atoms with Crippen LogP contribution in [0.15, 0.2) is 12.7 Å². The molecule has 0 bridgehead atoms. The molecule has 0 aliphatic carbocycles. The van der Waals surface area contributed by atoms with Crippen LogP contribution in [0.1, 0.15) is 13.3 Å². The van der Waals surface area contributed by atoms with Gasteiger partial charge < -0.3 is 14.4 Å². The Morgan fingerprint density at radius 2 is 1.94 bits per heavy atom. The molecule has 0 aromatic carbocycles. The summed E-state index contributed by atoms with van der Waals surface area (Å²) in [5, 5.41) is 0. The van der Waals surface area contributed by atoms with Gasteiger partial charge in [0, 0.05) is 18.4 Å². The molecule has 17 heavy (non-hydrogen) atoms. The fourth-order valence-corrected chi connectivity index (χ4v) is 1.70. The van der Waals surface area contributed by atoms with Crippen molar-refractivity contribution in [1.29, 1.82) is 0 Å². The number of carbonyl (C=O) groups is 2. The first-order valence-electron chi connectivity index (χ1n) is 5.17.